The number of hydrogen-bond acceptors (Lipinski definition) is 6. The molecule has 35 heavy (non-hydrogen) atoms. The first kappa shape index (κ1) is 25.0. The molecule has 2 aromatic carbocycles. The number of thiophene rings is 1. The summed E-state index contributed by atoms with van der Waals surface area (Å²) in [5, 5.41) is 4.84. The molecule has 8 nitrogen and oxygen atoms in total. The maximum atomic E-state index is 13.5. The van der Waals surface area contributed by atoms with Gasteiger partial charge in [-0.25, -0.2) is 4.79 Å². The molecule has 0 bridgehead atoms. The average Bonchev–Trinajstić information content (AvgIpc) is 3.54. The summed E-state index contributed by atoms with van der Waals surface area (Å²) in [4.78, 5) is 30.8. The maximum Gasteiger partial charge on any atom is 0.322 e. The highest BCUT2D eigenvalue weighted by molar-refractivity contribution is 9.10. The molecule has 0 atom stereocenters. The van der Waals surface area contributed by atoms with Crippen LogP contribution in [-0.4, -0.2) is 55.3 Å². The molecule has 0 radical (unpaired) electrons. The van der Waals surface area contributed by atoms with Crippen molar-refractivity contribution in [2.45, 2.75) is 13.1 Å². The van der Waals surface area contributed by atoms with Gasteiger partial charge in [0.1, 0.15) is 6.54 Å². The summed E-state index contributed by atoms with van der Waals surface area (Å²) in [7, 11) is 1.56. The second-order valence-corrected chi connectivity index (χ2v) is 9.82. The molecular formula is C25H26BrN3O5S. The molecule has 1 aliphatic heterocycles. The number of nitrogens with one attached hydrogen (secondary N) is 1. The van der Waals surface area contributed by atoms with E-state index in [1.54, 1.807) is 35.5 Å². The van der Waals surface area contributed by atoms with Crippen LogP contribution in [-0.2, 0) is 22.6 Å². The van der Waals surface area contributed by atoms with Crippen molar-refractivity contribution < 1.29 is 23.8 Å². The van der Waals surface area contributed by atoms with E-state index in [2.05, 4.69) is 21.2 Å². The summed E-state index contributed by atoms with van der Waals surface area (Å²) in [6, 6.07) is 16.5. The van der Waals surface area contributed by atoms with Crippen LogP contribution in [0.15, 0.2) is 64.5 Å². The van der Waals surface area contributed by atoms with E-state index in [4.69, 9.17) is 14.2 Å². The molecule has 1 aromatic heterocycles. The van der Waals surface area contributed by atoms with Gasteiger partial charge in [-0.2, -0.15) is 0 Å². The van der Waals surface area contributed by atoms with Crippen LogP contribution in [0.25, 0.3) is 0 Å². The zero-order chi connectivity index (χ0) is 24.6. The second kappa shape index (κ2) is 12.1. The Labute approximate surface area is 216 Å². The van der Waals surface area contributed by atoms with Crippen LogP contribution in [0.1, 0.15) is 10.4 Å². The molecule has 0 spiro atoms. The van der Waals surface area contributed by atoms with Gasteiger partial charge in [-0.3, -0.25) is 4.79 Å². The molecule has 0 fully saturated rings. The second-order valence-electron chi connectivity index (χ2n) is 7.87. The van der Waals surface area contributed by atoms with E-state index in [0.29, 0.717) is 36.9 Å². The summed E-state index contributed by atoms with van der Waals surface area (Å²) in [5.74, 6) is 1.19. The number of fused-ring (bicyclic) bond motifs is 1. The van der Waals surface area contributed by atoms with Crippen LogP contribution in [0.4, 0.5) is 10.5 Å². The van der Waals surface area contributed by atoms with E-state index in [1.807, 2.05) is 47.8 Å². The Morgan fingerprint density at radius 3 is 2.60 bits per heavy atom. The number of ether oxygens (including phenoxy) is 3. The third-order valence-electron chi connectivity index (χ3n) is 5.36. The first-order valence-corrected chi connectivity index (χ1v) is 12.7. The lowest BCUT2D eigenvalue weighted by molar-refractivity contribution is -0.133. The van der Waals surface area contributed by atoms with Gasteiger partial charge >= 0.3 is 6.03 Å². The zero-order valence-corrected chi connectivity index (χ0v) is 21.6. The molecule has 0 saturated carbocycles. The van der Waals surface area contributed by atoms with Gasteiger partial charge in [0, 0.05) is 35.2 Å². The Morgan fingerprint density at radius 2 is 1.86 bits per heavy atom. The van der Waals surface area contributed by atoms with Crippen LogP contribution >= 0.6 is 27.3 Å². The van der Waals surface area contributed by atoms with Crippen molar-refractivity contribution in [1.82, 2.24) is 9.80 Å². The number of carbonyl (C=O) groups is 2. The molecular weight excluding hydrogens is 534 g/mol. The molecule has 4 rings (SSSR count). The monoisotopic (exact) mass is 559 g/mol. The summed E-state index contributed by atoms with van der Waals surface area (Å²) >= 11 is 4.97. The molecule has 184 valence electrons. The number of nitrogens with zero attached hydrogens (tertiary/aromatic N) is 2. The van der Waals surface area contributed by atoms with E-state index >= 15 is 0 Å². The number of anilines is 1. The minimum atomic E-state index is -0.364. The molecule has 3 amide bonds. The maximum absolute atomic E-state index is 13.5. The molecule has 1 aliphatic rings. The summed E-state index contributed by atoms with van der Waals surface area (Å²) in [5.41, 5.74) is 1.56. The fourth-order valence-corrected chi connectivity index (χ4v) is 4.52. The third-order valence-corrected chi connectivity index (χ3v) is 6.75. The van der Waals surface area contributed by atoms with Crippen LogP contribution in [0.5, 0.6) is 11.5 Å². The van der Waals surface area contributed by atoms with Crippen molar-refractivity contribution >= 4 is 44.9 Å². The van der Waals surface area contributed by atoms with Crippen molar-refractivity contribution in [3.8, 4) is 11.5 Å². The standard InChI is InChI=1S/C25H26BrN3O5S/c1-32-11-10-28(25(31)27-20-7-5-19(26)6-8-20)16-24(30)29(15-21-3-2-12-35-21)14-18-4-9-22-23(13-18)34-17-33-22/h2-9,12-13H,10-11,14-17H2,1H3,(H,27,31). The lowest BCUT2D eigenvalue weighted by Crippen LogP contribution is -2.45. The minimum absolute atomic E-state index is 0.0817. The molecule has 2 heterocycles. The van der Waals surface area contributed by atoms with Crippen LogP contribution in [0, 0.1) is 0 Å². The summed E-state index contributed by atoms with van der Waals surface area (Å²) < 4.78 is 17.0. The van der Waals surface area contributed by atoms with Crippen molar-refractivity contribution in [2.24, 2.45) is 0 Å². The fraction of sp³-hybridized carbons (Fsp3) is 0.280. The Kier molecular flexibility index (Phi) is 8.62. The van der Waals surface area contributed by atoms with E-state index in [0.717, 1.165) is 14.9 Å². The molecule has 0 saturated heterocycles. The Hall–Kier alpha value is -3.08. The van der Waals surface area contributed by atoms with Gasteiger partial charge in [0.05, 0.1) is 13.2 Å². The van der Waals surface area contributed by atoms with Gasteiger partial charge in [0.25, 0.3) is 0 Å². The number of methoxy groups -OCH3 is 1. The fourth-order valence-electron chi connectivity index (χ4n) is 3.54. The summed E-state index contributed by atoms with van der Waals surface area (Å²) in [6.45, 7) is 1.52. The van der Waals surface area contributed by atoms with Gasteiger partial charge in [-0.05, 0) is 53.4 Å². The number of benzene rings is 2. The lowest BCUT2D eigenvalue weighted by atomic mass is 10.2. The smallest absolute Gasteiger partial charge is 0.322 e. The van der Waals surface area contributed by atoms with Crippen LogP contribution in [0.2, 0.25) is 0 Å². The first-order chi connectivity index (χ1) is 17.0. The van der Waals surface area contributed by atoms with Gasteiger partial charge in [-0.15, -0.1) is 11.3 Å². The van der Waals surface area contributed by atoms with Gasteiger partial charge in [0.15, 0.2) is 11.5 Å². The minimum Gasteiger partial charge on any atom is -0.454 e. The largest absolute Gasteiger partial charge is 0.454 e. The van der Waals surface area contributed by atoms with Crippen molar-refractivity contribution in [1.29, 1.82) is 0 Å². The number of amides is 3. The topological polar surface area (TPSA) is 80.3 Å². The van der Waals surface area contributed by atoms with E-state index in [9.17, 15) is 9.59 Å². The SMILES string of the molecule is COCCN(CC(=O)N(Cc1ccc2c(c1)OCO2)Cc1cccs1)C(=O)Nc1ccc(Br)cc1. The number of urea groups is 1. The Bertz CT molecular complexity index is 1140. The Balaban J connectivity index is 1.48. The summed E-state index contributed by atoms with van der Waals surface area (Å²) in [6.07, 6.45) is 0. The predicted octanol–water partition coefficient (Wildman–Crippen LogP) is 4.95. The molecule has 10 heteroatoms. The number of rotatable bonds is 10. The van der Waals surface area contributed by atoms with E-state index in [1.165, 1.54) is 4.90 Å². The highest BCUT2D eigenvalue weighted by Gasteiger charge is 2.23. The molecule has 0 aliphatic carbocycles. The average molecular weight is 560 g/mol. The van der Waals surface area contributed by atoms with Crippen molar-refractivity contribution in [2.75, 3.05) is 38.9 Å². The quantitative estimate of drug-likeness (QED) is 0.380. The molecule has 0 unspecified atom stereocenters. The predicted molar refractivity (Wildman–Crippen MR) is 138 cm³/mol. The number of carbonyl (C=O) groups excluding carboxylic acids is 2. The van der Waals surface area contributed by atoms with Gasteiger partial charge in [0.2, 0.25) is 12.7 Å². The normalized spacial score (nSPS) is 11.8. The number of halogens is 1. The van der Waals surface area contributed by atoms with Gasteiger partial charge in [-0.1, -0.05) is 28.1 Å². The van der Waals surface area contributed by atoms with Gasteiger partial charge < -0.3 is 29.3 Å². The lowest BCUT2D eigenvalue weighted by Gasteiger charge is -2.27. The van der Waals surface area contributed by atoms with Crippen LogP contribution < -0.4 is 14.8 Å². The van der Waals surface area contributed by atoms with Crippen molar-refractivity contribution in [3.05, 3.63) is 74.9 Å². The zero-order valence-electron chi connectivity index (χ0n) is 19.2. The van der Waals surface area contributed by atoms with Crippen molar-refractivity contribution in [3.63, 3.8) is 0 Å². The van der Waals surface area contributed by atoms with Crippen LogP contribution in [0.3, 0.4) is 0 Å². The molecule has 3 aromatic rings. The Morgan fingerprint density at radius 1 is 1.06 bits per heavy atom. The van der Waals surface area contributed by atoms with E-state index in [-0.39, 0.29) is 31.8 Å². The highest BCUT2D eigenvalue weighted by atomic mass is 79.9. The number of hydrogen-bond donors (Lipinski definition) is 1. The first-order valence-electron chi connectivity index (χ1n) is 11.0. The molecule has 1 N–H and O–H groups in total. The van der Waals surface area contributed by atoms with E-state index < -0.39 is 0 Å². The third kappa shape index (κ3) is 6.97. The highest BCUT2D eigenvalue weighted by Crippen LogP contribution is 2.33.